The molecule has 1 saturated carbocycles. The zero-order valence-corrected chi connectivity index (χ0v) is 9.96. The van der Waals surface area contributed by atoms with Gasteiger partial charge in [0.15, 0.2) is 0 Å². The van der Waals surface area contributed by atoms with E-state index in [-0.39, 0.29) is 0 Å². The van der Waals surface area contributed by atoms with Crippen LogP contribution in [0.5, 0.6) is 0 Å². The highest BCUT2D eigenvalue weighted by Gasteiger charge is 2.36. The van der Waals surface area contributed by atoms with Gasteiger partial charge in [0.25, 0.3) is 0 Å². The minimum atomic E-state index is 0.318. The monoisotopic (exact) mass is 286 g/mol. The van der Waals surface area contributed by atoms with Gasteiger partial charge in [-0.1, -0.05) is 0 Å². The third-order valence-electron chi connectivity index (χ3n) is 2.72. The van der Waals surface area contributed by atoms with E-state index < -0.39 is 0 Å². The summed E-state index contributed by atoms with van der Waals surface area (Å²) in [4.78, 5) is 0. The summed E-state index contributed by atoms with van der Waals surface area (Å²) in [5.41, 5.74) is 0.318. The summed E-state index contributed by atoms with van der Waals surface area (Å²) in [7, 11) is 3.75. The third-order valence-corrected chi connectivity index (χ3v) is 3.85. The molecular formula is C7H15IN2S. The fraction of sp³-hybridized carbons (Fsp3) is 1.00. The van der Waals surface area contributed by atoms with Gasteiger partial charge in [-0.3, -0.25) is 4.72 Å². The maximum Gasteiger partial charge on any atom is 0.0358 e. The lowest BCUT2D eigenvalue weighted by molar-refractivity contribution is 0.342. The Kier molecular flexibility index (Phi) is 3.94. The van der Waals surface area contributed by atoms with Crippen molar-refractivity contribution in [2.75, 3.05) is 7.05 Å². The predicted octanol–water partition coefficient (Wildman–Crippen LogP) is 2.10. The van der Waals surface area contributed by atoms with Crippen molar-refractivity contribution in [3.05, 3.63) is 0 Å². The van der Waals surface area contributed by atoms with E-state index in [1.165, 1.54) is 19.3 Å². The van der Waals surface area contributed by atoms with Gasteiger partial charge in [-0.25, -0.2) is 0 Å². The summed E-state index contributed by atoms with van der Waals surface area (Å²) in [6.07, 6.45) is 3.93. The molecule has 0 amide bonds. The van der Waals surface area contributed by atoms with Gasteiger partial charge < -0.3 is 5.32 Å². The number of hydrogen-bond acceptors (Lipinski definition) is 3. The molecule has 0 aromatic heterocycles. The molecule has 0 aromatic carbocycles. The molecule has 0 saturated heterocycles. The van der Waals surface area contributed by atoms with E-state index in [1.807, 2.05) is 0 Å². The van der Waals surface area contributed by atoms with Gasteiger partial charge in [-0.05, 0) is 42.4 Å². The second kappa shape index (κ2) is 4.30. The number of likely N-dealkylation sites (N-methyl/N-ethyl adjacent to an activating group) is 1. The Balaban J connectivity index is 2.49. The van der Waals surface area contributed by atoms with Crippen LogP contribution in [0.1, 0.15) is 26.2 Å². The molecule has 1 rings (SSSR count). The van der Waals surface area contributed by atoms with Crippen LogP contribution in [0.2, 0.25) is 0 Å². The van der Waals surface area contributed by atoms with Crippen molar-refractivity contribution in [2.24, 2.45) is 0 Å². The molecule has 0 radical (unpaired) electrons. The molecule has 1 aliphatic rings. The molecule has 4 heteroatoms. The van der Waals surface area contributed by atoms with E-state index in [9.17, 15) is 0 Å². The zero-order valence-electron chi connectivity index (χ0n) is 6.98. The van der Waals surface area contributed by atoms with Gasteiger partial charge in [0.1, 0.15) is 0 Å². The lowest BCUT2D eigenvalue weighted by Gasteiger charge is -2.30. The molecule has 1 aliphatic carbocycles. The second-order valence-corrected chi connectivity index (χ2v) is 5.02. The van der Waals surface area contributed by atoms with Crippen LogP contribution >= 0.6 is 30.3 Å². The van der Waals surface area contributed by atoms with Crippen molar-refractivity contribution in [2.45, 2.75) is 37.8 Å². The lowest BCUT2D eigenvalue weighted by Crippen LogP contribution is -2.51. The first kappa shape index (κ1) is 10.1. The molecule has 1 fully saturated rings. The third kappa shape index (κ3) is 2.23. The van der Waals surface area contributed by atoms with Crippen LogP contribution in [0.25, 0.3) is 0 Å². The van der Waals surface area contributed by atoms with Gasteiger partial charge in [0.2, 0.25) is 0 Å². The normalized spacial score (nSPS) is 37.9. The van der Waals surface area contributed by atoms with Crippen LogP contribution < -0.4 is 10.0 Å². The molecule has 0 spiro atoms. The topological polar surface area (TPSA) is 24.1 Å². The lowest BCUT2D eigenvalue weighted by atomic mass is 9.97. The van der Waals surface area contributed by atoms with Gasteiger partial charge in [0.05, 0.1) is 0 Å². The van der Waals surface area contributed by atoms with Gasteiger partial charge >= 0.3 is 0 Å². The maximum absolute atomic E-state index is 3.43. The summed E-state index contributed by atoms with van der Waals surface area (Å²) in [5, 5.41) is 3.40. The molecule has 0 aromatic rings. The number of halogens is 1. The van der Waals surface area contributed by atoms with E-state index in [0.29, 0.717) is 11.6 Å². The zero-order chi connectivity index (χ0) is 8.32. The van der Waals surface area contributed by atoms with Crippen molar-refractivity contribution in [3.63, 3.8) is 0 Å². The van der Waals surface area contributed by atoms with Gasteiger partial charge in [-0.2, -0.15) is 0 Å². The van der Waals surface area contributed by atoms with Crippen LogP contribution in [-0.2, 0) is 0 Å². The van der Waals surface area contributed by atoms with Crippen molar-refractivity contribution in [1.82, 2.24) is 10.0 Å². The first-order chi connectivity index (χ1) is 5.23. The maximum atomic E-state index is 3.43. The van der Waals surface area contributed by atoms with E-state index in [0.717, 1.165) is 0 Å². The second-order valence-electron chi connectivity index (χ2n) is 3.31. The van der Waals surface area contributed by atoms with E-state index >= 15 is 0 Å². The van der Waals surface area contributed by atoms with E-state index in [1.54, 1.807) is 9.12 Å². The van der Waals surface area contributed by atoms with Crippen LogP contribution in [0, 0.1) is 0 Å². The molecule has 0 aliphatic heterocycles. The van der Waals surface area contributed by atoms with Crippen LogP contribution in [0.15, 0.2) is 0 Å². The Labute approximate surface area is 85.0 Å². The van der Waals surface area contributed by atoms with E-state index in [4.69, 9.17) is 0 Å². The summed E-state index contributed by atoms with van der Waals surface area (Å²) in [6, 6.07) is 0.634. The average Bonchev–Trinajstić information content (AvgIpc) is 2.35. The highest BCUT2D eigenvalue weighted by atomic mass is 127. The molecular weight excluding hydrogens is 271 g/mol. The fourth-order valence-corrected chi connectivity index (χ4v) is 3.11. The number of rotatable bonds is 3. The quantitative estimate of drug-likeness (QED) is 0.614. The predicted molar refractivity (Wildman–Crippen MR) is 59.9 cm³/mol. The standard InChI is InChI=1S/C7H15IN2S/c1-7(9-2)5-3-4-6(7)10-11-8/h6,9-10H,3-5H2,1-2H3. The molecule has 2 nitrogen and oxygen atoms in total. The first-order valence-electron chi connectivity index (χ1n) is 3.95. The van der Waals surface area contributed by atoms with Crippen LogP contribution in [-0.4, -0.2) is 18.6 Å². The summed E-state index contributed by atoms with van der Waals surface area (Å²) >= 11 is 2.29. The summed E-state index contributed by atoms with van der Waals surface area (Å²) in [6.45, 7) is 2.30. The largest absolute Gasteiger partial charge is 0.313 e. The minimum absolute atomic E-state index is 0.318. The number of hydrogen-bond donors (Lipinski definition) is 2. The highest BCUT2D eigenvalue weighted by Crippen LogP contribution is 2.31. The van der Waals surface area contributed by atoms with E-state index in [2.05, 4.69) is 45.2 Å². The van der Waals surface area contributed by atoms with Crippen molar-refractivity contribution in [3.8, 4) is 0 Å². The Morgan fingerprint density at radius 3 is 2.91 bits per heavy atom. The first-order valence-corrected chi connectivity index (χ1v) is 7.31. The van der Waals surface area contributed by atoms with Gasteiger partial charge in [-0.15, -0.1) is 0 Å². The SMILES string of the molecule is CNC1(C)CCCC1NSI. The molecule has 66 valence electrons. The molecule has 0 bridgehead atoms. The van der Waals surface area contributed by atoms with Crippen molar-refractivity contribution >= 4 is 30.3 Å². The molecule has 2 N–H and O–H groups in total. The molecule has 0 heterocycles. The van der Waals surface area contributed by atoms with Crippen molar-refractivity contribution in [1.29, 1.82) is 0 Å². The Bertz CT molecular complexity index is 134. The smallest absolute Gasteiger partial charge is 0.0358 e. The van der Waals surface area contributed by atoms with Gasteiger partial charge in [0, 0.05) is 32.8 Å². The number of nitrogens with one attached hydrogen (secondary N) is 2. The minimum Gasteiger partial charge on any atom is -0.313 e. The summed E-state index contributed by atoms with van der Waals surface area (Å²) < 4.78 is 3.43. The van der Waals surface area contributed by atoms with Crippen molar-refractivity contribution < 1.29 is 0 Å². The Morgan fingerprint density at radius 2 is 2.36 bits per heavy atom. The molecule has 11 heavy (non-hydrogen) atoms. The fourth-order valence-electron chi connectivity index (χ4n) is 1.71. The average molecular weight is 286 g/mol. The van der Waals surface area contributed by atoms with Crippen LogP contribution in [0.4, 0.5) is 0 Å². The van der Waals surface area contributed by atoms with Crippen LogP contribution in [0.3, 0.4) is 0 Å². The molecule has 2 unspecified atom stereocenters. The Morgan fingerprint density at radius 1 is 1.64 bits per heavy atom. The Hall–Kier alpha value is 1.00. The highest BCUT2D eigenvalue weighted by molar-refractivity contribution is 14.2. The summed E-state index contributed by atoms with van der Waals surface area (Å²) in [5.74, 6) is 0. The molecule has 2 atom stereocenters.